The zero-order valence-electron chi connectivity index (χ0n) is 16.6. The molecule has 30 heavy (non-hydrogen) atoms. The number of halogens is 1. The molecule has 3 aromatic carbocycles. The molecule has 154 valence electrons. The van der Waals surface area contributed by atoms with E-state index in [1.807, 2.05) is 48.5 Å². The Hall–Kier alpha value is -3.12. The fourth-order valence-corrected chi connectivity index (χ4v) is 3.06. The summed E-state index contributed by atoms with van der Waals surface area (Å²) in [4.78, 5) is 24.2. The van der Waals surface area contributed by atoms with Crippen LogP contribution in [0, 0.1) is 0 Å². The van der Waals surface area contributed by atoms with E-state index < -0.39 is 11.7 Å². The number of ether oxygens (including phenoxy) is 2. The Bertz CT molecular complexity index is 983. The zero-order chi connectivity index (χ0) is 21.3. The molecule has 0 spiro atoms. The predicted octanol–water partition coefficient (Wildman–Crippen LogP) is 4.72. The van der Waals surface area contributed by atoms with Gasteiger partial charge in [-0.3, -0.25) is 9.59 Å². The average molecular weight is 468 g/mol. The number of hydrogen-bond acceptors (Lipinski definition) is 4. The molecule has 0 atom stereocenters. The molecule has 5 nitrogen and oxygen atoms in total. The van der Waals surface area contributed by atoms with Gasteiger partial charge in [0.1, 0.15) is 17.2 Å². The van der Waals surface area contributed by atoms with Crippen LogP contribution in [0.1, 0.15) is 11.1 Å². The van der Waals surface area contributed by atoms with Gasteiger partial charge < -0.3 is 14.8 Å². The van der Waals surface area contributed by atoms with Gasteiger partial charge in [-0.15, -0.1) is 0 Å². The van der Waals surface area contributed by atoms with Crippen LogP contribution in [0.25, 0.3) is 0 Å². The summed E-state index contributed by atoms with van der Waals surface area (Å²) >= 11 is 3.38. The second-order valence-electron chi connectivity index (χ2n) is 6.65. The van der Waals surface area contributed by atoms with Crippen molar-refractivity contribution in [1.29, 1.82) is 0 Å². The Kier molecular flexibility index (Phi) is 7.63. The normalized spacial score (nSPS) is 10.3. The minimum Gasteiger partial charge on any atom is -0.497 e. The number of amides is 1. The van der Waals surface area contributed by atoms with Crippen LogP contribution in [0.5, 0.6) is 17.2 Å². The van der Waals surface area contributed by atoms with Crippen molar-refractivity contribution in [2.24, 2.45) is 0 Å². The Morgan fingerprint density at radius 3 is 1.93 bits per heavy atom. The third-order valence-corrected chi connectivity index (χ3v) is 4.98. The molecule has 0 saturated heterocycles. The summed E-state index contributed by atoms with van der Waals surface area (Å²) in [5.41, 5.74) is 1.82. The molecule has 0 aliphatic heterocycles. The van der Waals surface area contributed by atoms with Gasteiger partial charge in [-0.25, -0.2) is 0 Å². The third kappa shape index (κ3) is 6.46. The first-order chi connectivity index (χ1) is 14.5. The quantitative estimate of drug-likeness (QED) is 0.462. The van der Waals surface area contributed by atoms with Crippen LogP contribution >= 0.6 is 15.9 Å². The van der Waals surface area contributed by atoms with Gasteiger partial charge >= 0.3 is 0 Å². The van der Waals surface area contributed by atoms with Crippen molar-refractivity contribution >= 4 is 27.6 Å². The predicted molar refractivity (Wildman–Crippen MR) is 119 cm³/mol. The first-order valence-corrected chi connectivity index (χ1v) is 10.3. The first kappa shape index (κ1) is 21.6. The van der Waals surface area contributed by atoms with Crippen LogP contribution < -0.4 is 14.8 Å². The van der Waals surface area contributed by atoms with Crippen molar-refractivity contribution < 1.29 is 19.1 Å². The van der Waals surface area contributed by atoms with Crippen LogP contribution in [0.2, 0.25) is 0 Å². The van der Waals surface area contributed by atoms with Gasteiger partial charge in [0, 0.05) is 17.4 Å². The summed E-state index contributed by atoms with van der Waals surface area (Å²) in [6.45, 7) is 0.400. The van der Waals surface area contributed by atoms with E-state index in [4.69, 9.17) is 9.47 Å². The van der Waals surface area contributed by atoms with Crippen molar-refractivity contribution in [2.45, 2.75) is 12.8 Å². The van der Waals surface area contributed by atoms with Gasteiger partial charge in [0.05, 0.1) is 7.11 Å². The lowest BCUT2D eigenvalue weighted by Crippen LogP contribution is -2.33. The maximum atomic E-state index is 12.2. The Morgan fingerprint density at radius 2 is 1.33 bits per heavy atom. The first-order valence-electron chi connectivity index (χ1n) is 9.50. The number of rotatable bonds is 9. The summed E-state index contributed by atoms with van der Waals surface area (Å²) in [6, 6.07) is 22.3. The van der Waals surface area contributed by atoms with Gasteiger partial charge in [-0.1, -0.05) is 40.2 Å². The molecule has 0 unspecified atom stereocenters. The molecule has 0 aliphatic rings. The molecule has 0 saturated carbocycles. The minimum atomic E-state index is -0.571. The van der Waals surface area contributed by atoms with E-state index in [1.165, 1.54) is 0 Å². The molecule has 3 aromatic rings. The molecule has 0 aromatic heterocycles. The van der Waals surface area contributed by atoms with Gasteiger partial charge in [-0.2, -0.15) is 0 Å². The lowest BCUT2D eigenvalue weighted by molar-refractivity contribution is -0.137. The fraction of sp³-hybridized carbons (Fsp3) is 0.167. The Labute approximate surface area is 184 Å². The molecule has 1 amide bonds. The van der Waals surface area contributed by atoms with Crippen LogP contribution in [-0.4, -0.2) is 25.3 Å². The summed E-state index contributed by atoms with van der Waals surface area (Å²) < 4.78 is 11.9. The highest BCUT2D eigenvalue weighted by atomic mass is 79.9. The van der Waals surface area contributed by atoms with Gasteiger partial charge in [-0.05, 0) is 66.1 Å². The molecule has 6 heteroatoms. The Morgan fingerprint density at radius 1 is 0.800 bits per heavy atom. The third-order valence-electron chi connectivity index (χ3n) is 4.45. The minimum absolute atomic E-state index is 0.0485. The molecule has 0 fully saturated rings. The van der Waals surface area contributed by atoms with Crippen molar-refractivity contribution in [3.05, 3.63) is 88.4 Å². The second kappa shape index (κ2) is 10.6. The average Bonchev–Trinajstić information content (AvgIpc) is 2.77. The molecule has 1 N–H and O–H groups in total. The maximum Gasteiger partial charge on any atom is 0.287 e. The Balaban J connectivity index is 1.44. The van der Waals surface area contributed by atoms with E-state index in [9.17, 15) is 9.59 Å². The van der Waals surface area contributed by atoms with E-state index >= 15 is 0 Å². The summed E-state index contributed by atoms with van der Waals surface area (Å²) in [7, 11) is 1.61. The van der Waals surface area contributed by atoms with E-state index in [0.717, 1.165) is 27.1 Å². The number of ketones is 1. The molecule has 0 radical (unpaired) electrons. The van der Waals surface area contributed by atoms with Crippen LogP contribution in [0.3, 0.4) is 0 Å². The second-order valence-corrected chi connectivity index (χ2v) is 7.57. The molecule has 0 aliphatic carbocycles. The lowest BCUT2D eigenvalue weighted by Gasteiger charge is -2.08. The molecular formula is C24H22BrNO4. The number of hydrogen-bond donors (Lipinski definition) is 1. The molecule has 0 heterocycles. The summed E-state index contributed by atoms with van der Waals surface area (Å²) in [5.74, 6) is 1.13. The van der Waals surface area contributed by atoms with Crippen molar-refractivity contribution in [1.82, 2.24) is 5.32 Å². The topological polar surface area (TPSA) is 64.6 Å². The highest BCUT2D eigenvalue weighted by molar-refractivity contribution is 9.10. The monoisotopic (exact) mass is 467 g/mol. The highest BCUT2D eigenvalue weighted by Crippen LogP contribution is 2.23. The highest BCUT2D eigenvalue weighted by Gasteiger charge is 2.14. The van der Waals surface area contributed by atoms with Crippen molar-refractivity contribution in [3.63, 3.8) is 0 Å². The van der Waals surface area contributed by atoms with E-state index in [2.05, 4.69) is 21.2 Å². The smallest absolute Gasteiger partial charge is 0.287 e. The number of methoxy groups -OCH3 is 1. The van der Waals surface area contributed by atoms with Crippen LogP contribution in [0.15, 0.2) is 77.3 Å². The number of Topliss-reactive ketones (excluding diaryl/α,β-unsaturated/α-hetero) is 1. The number of nitrogens with one attached hydrogen (secondary N) is 1. The van der Waals surface area contributed by atoms with Crippen molar-refractivity contribution in [3.8, 4) is 17.2 Å². The zero-order valence-corrected chi connectivity index (χ0v) is 18.1. The van der Waals surface area contributed by atoms with Crippen molar-refractivity contribution in [2.75, 3.05) is 13.7 Å². The molecular weight excluding hydrogens is 446 g/mol. The van der Waals surface area contributed by atoms with Crippen LogP contribution in [0.4, 0.5) is 0 Å². The fourth-order valence-electron chi connectivity index (χ4n) is 2.79. The lowest BCUT2D eigenvalue weighted by atomic mass is 10.1. The van der Waals surface area contributed by atoms with Gasteiger partial charge in [0.25, 0.3) is 5.91 Å². The number of carbonyl (C=O) groups excluding carboxylic acids is 2. The molecule has 0 bridgehead atoms. The maximum absolute atomic E-state index is 12.2. The summed E-state index contributed by atoms with van der Waals surface area (Å²) in [6.07, 6.45) is 0.693. The van der Waals surface area contributed by atoms with Gasteiger partial charge in [0.2, 0.25) is 5.78 Å². The van der Waals surface area contributed by atoms with E-state index in [1.54, 1.807) is 31.4 Å². The number of carbonyl (C=O) groups is 2. The SMILES string of the molecule is COc1ccc(CCNC(=O)C(=O)Cc2ccc(Oc3ccc(Br)cc3)cc2)cc1. The van der Waals surface area contributed by atoms with E-state index in [0.29, 0.717) is 18.7 Å². The van der Waals surface area contributed by atoms with E-state index in [-0.39, 0.29) is 6.42 Å². The standard InChI is InChI=1S/C24H22BrNO4/c1-29-20-8-2-17(3-9-20)14-15-26-24(28)23(27)16-18-4-10-21(11-5-18)30-22-12-6-19(25)7-13-22/h2-13H,14-16H2,1H3,(H,26,28). The largest absolute Gasteiger partial charge is 0.497 e. The molecule has 3 rings (SSSR count). The number of benzene rings is 3. The van der Waals surface area contributed by atoms with Gasteiger partial charge in [0.15, 0.2) is 0 Å². The summed E-state index contributed by atoms with van der Waals surface area (Å²) in [5, 5.41) is 2.68. The van der Waals surface area contributed by atoms with Crippen LogP contribution in [-0.2, 0) is 22.4 Å².